The Morgan fingerprint density at radius 3 is 2.41 bits per heavy atom. The Kier molecular flexibility index (Phi) is 6.66. The maximum atomic E-state index is 12.3. The van der Waals surface area contributed by atoms with Crippen LogP contribution in [0.25, 0.3) is 0 Å². The first-order valence-electron chi connectivity index (χ1n) is 9.67. The van der Waals surface area contributed by atoms with E-state index in [0.29, 0.717) is 13.1 Å². The molecule has 1 heterocycles. The Balaban J connectivity index is 1.43. The molecule has 3 rings (SSSR count). The zero-order valence-electron chi connectivity index (χ0n) is 16.9. The van der Waals surface area contributed by atoms with Gasteiger partial charge in [0.25, 0.3) is 5.69 Å². The molecule has 0 spiro atoms. The largest absolute Gasteiger partial charge is 0.378 e. The molecule has 0 aromatic heterocycles. The van der Waals surface area contributed by atoms with Crippen molar-refractivity contribution >= 4 is 23.0 Å². The lowest BCUT2D eigenvalue weighted by atomic mass is 10.2. The molecule has 8 heteroatoms. The van der Waals surface area contributed by atoms with Gasteiger partial charge in [-0.15, -0.1) is 0 Å². The number of nitrogens with zero attached hydrogens (tertiary/aromatic N) is 4. The van der Waals surface area contributed by atoms with Gasteiger partial charge < -0.3 is 15.1 Å². The third-order valence-electron chi connectivity index (χ3n) is 5.09. The summed E-state index contributed by atoms with van der Waals surface area (Å²) >= 11 is 0. The predicted octanol–water partition coefficient (Wildman–Crippen LogP) is 2.10. The fourth-order valence-corrected chi connectivity index (χ4v) is 3.34. The summed E-state index contributed by atoms with van der Waals surface area (Å²) < 4.78 is 0. The number of nitro benzene ring substituents is 1. The Morgan fingerprint density at radius 2 is 1.79 bits per heavy atom. The number of non-ortho nitro benzene ring substituents is 1. The smallest absolute Gasteiger partial charge is 0.271 e. The van der Waals surface area contributed by atoms with Crippen molar-refractivity contribution in [1.82, 2.24) is 10.2 Å². The van der Waals surface area contributed by atoms with E-state index in [1.54, 1.807) is 12.1 Å². The molecule has 0 bridgehead atoms. The molecule has 1 aliphatic heterocycles. The Morgan fingerprint density at radius 1 is 1.10 bits per heavy atom. The number of anilines is 2. The molecule has 0 saturated carbocycles. The van der Waals surface area contributed by atoms with E-state index >= 15 is 0 Å². The van der Waals surface area contributed by atoms with Gasteiger partial charge in [0.1, 0.15) is 0 Å². The zero-order chi connectivity index (χ0) is 20.8. The van der Waals surface area contributed by atoms with Crippen LogP contribution in [0.1, 0.15) is 5.56 Å². The quantitative estimate of drug-likeness (QED) is 0.569. The van der Waals surface area contributed by atoms with Crippen LogP contribution < -0.4 is 15.1 Å². The summed E-state index contributed by atoms with van der Waals surface area (Å²) in [5.74, 6) is 0.00508. The van der Waals surface area contributed by atoms with E-state index in [1.165, 1.54) is 6.07 Å². The number of piperazine rings is 1. The van der Waals surface area contributed by atoms with E-state index in [1.807, 2.05) is 49.3 Å². The van der Waals surface area contributed by atoms with E-state index in [-0.39, 0.29) is 16.5 Å². The van der Waals surface area contributed by atoms with Crippen molar-refractivity contribution in [2.45, 2.75) is 6.54 Å². The summed E-state index contributed by atoms with van der Waals surface area (Å²) in [5.41, 5.74) is 3.15. The van der Waals surface area contributed by atoms with Gasteiger partial charge >= 0.3 is 0 Å². The van der Waals surface area contributed by atoms with Crippen molar-refractivity contribution in [1.29, 1.82) is 0 Å². The highest BCUT2D eigenvalue weighted by molar-refractivity contribution is 5.78. The predicted molar refractivity (Wildman–Crippen MR) is 114 cm³/mol. The molecule has 8 nitrogen and oxygen atoms in total. The number of hydrogen-bond donors (Lipinski definition) is 1. The summed E-state index contributed by atoms with van der Waals surface area (Å²) in [6, 6.07) is 14.8. The van der Waals surface area contributed by atoms with Gasteiger partial charge in [-0.2, -0.15) is 0 Å². The van der Waals surface area contributed by atoms with Crippen LogP contribution in [0.15, 0.2) is 48.5 Å². The van der Waals surface area contributed by atoms with Gasteiger partial charge in [-0.3, -0.25) is 19.8 Å². The third-order valence-corrected chi connectivity index (χ3v) is 5.09. The molecule has 2 aromatic rings. The Labute approximate surface area is 170 Å². The molecular weight excluding hydrogens is 370 g/mol. The third kappa shape index (κ3) is 5.68. The molecule has 0 radical (unpaired) electrons. The molecular formula is C21H27N5O3. The van der Waals surface area contributed by atoms with Crippen LogP contribution in [0.3, 0.4) is 0 Å². The average molecular weight is 397 g/mol. The minimum atomic E-state index is -0.377. The Hall–Kier alpha value is -3.13. The first-order chi connectivity index (χ1) is 13.9. The van der Waals surface area contributed by atoms with E-state index in [4.69, 9.17) is 0 Å². The van der Waals surface area contributed by atoms with Gasteiger partial charge in [0.2, 0.25) is 5.91 Å². The van der Waals surface area contributed by atoms with E-state index in [9.17, 15) is 14.9 Å². The highest BCUT2D eigenvalue weighted by Crippen LogP contribution is 2.22. The molecule has 0 aliphatic carbocycles. The number of carbonyl (C=O) groups is 1. The summed E-state index contributed by atoms with van der Waals surface area (Å²) in [6.07, 6.45) is 0. The fraction of sp³-hybridized carbons (Fsp3) is 0.381. The van der Waals surface area contributed by atoms with Crippen molar-refractivity contribution < 1.29 is 9.72 Å². The minimum Gasteiger partial charge on any atom is -0.378 e. The van der Waals surface area contributed by atoms with Gasteiger partial charge in [0.05, 0.1) is 11.5 Å². The van der Waals surface area contributed by atoms with Gasteiger partial charge in [-0.1, -0.05) is 18.2 Å². The molecule has 1 amide bonds. The van der Waals surface area contributed by atoms with Crippen LogP contribution in [0, 0.1) is 10.1 Å². The first-order valence-corrected chi connectivity index (χ1v) is 9.67. The Bertz CT molecular complexity index is 846. The van der Waals surface area contributed by atoms with Gasteiger partial charge in [0, 0.05) is 70.3 Å². The van der Waals surface area contributed by atoms with Crippen LogP contribution in [-0.2, 0) is 11.3 Å². The second-order valence-corrected chi connectivity index (χ2v) is 7.38. The van der Waals surface area contributed by atoms with Crippen LogP contribution >= 0.6 is 0 Å². The van der Waals surface area contributed by atoms with E-state index in [2.05, 4.69) is 15.1 Å². The number of nitrogens with one attached hydrogen (secondary N) is 1. The van der Waals surface area contributed by atoms with E-state index in [0.717, 1.165) is 43.1 Å². The second kappa shape index (κ2) is 9.38. The van der Waals surface area contributed by atoms with Crippen molar-refractivity contribution in [3.63, 3.8) is 0 Å². The summed E-state index contributed by atoms with van der Waals surface area (Å²) in [7, 11) is 3.99. The maximum absolute atomic E-state index is 12.3. The molecule has 1 fully saturated rings. The molecule has 1 saturated heterocycles. The van der Waals surface area contributed by atoms with Crippen molar-refractivity contribution in [2.75, 3.05) is 56.6 Å². The zero-order valence-corrected chi connectivity index (χ0v) is 16.9. The highest BCUT2D eigenvalue weighted by Gasteiger charge is 2.20. The van der Waals surface area contributed by atoms with Crippen LogP contribution in [0.5, 0.6) is 0 Å². The topological polar surface area (TPSA) is 82.0 Å². The SMILES string of the molecule is CN(C)c1ccc(CNC(=O)CN2CCN(c3cccc([N+](=O)[O-])c3)CC2)cc1. The van der Waals surface area contributed by atoms with Gasteiger partial charge in [-0.25, -0.2) is 0 Å². The standard InChI is InChI=1S/C21H27N5O3/c1-23(2)18-8-6-17(7-9-18)15-22-21(27)16-24-10-12-25(13-11-24)19-4-3-5-20(14-19)26(28)29/h3-9,14H,10-13,15-16H2,1-2H3,(H,22,27). The lowest BCUT2D eigenvalue weighted by molar-refractivity contribution is -0.384. The van der Waals surface area contributed by atoms with Gasteiger partial charge in [0.15, 0.2) is 0 Å². The summed E-state index contributed by atoms with van der Waals surface area (Å²) in [5, 5.41) is 13.9. The minimum absolute atomic E-state index is 0.00508. The highest BCUT2D eigenvalue weighted by atomic mass is 16.6. The van der Waals surface area contributed by atoms with E-state index < -0.39 is 0 Å². The number of amides is 1. The number of hydrogen-bond acceptors (Lipinski definition) is 6. The van der Waals surface area contributed by atoms with Crippen LogP contribution in [-0.4, -0.2) is 62.5 Å². The van der Waals surface area contributed by atoms with Crippen LogP contribution in [0.4, 0.5) is 17.1 Å². The van der Waals surface area contributed by atoms with Crippen molar-refractivity contribution in [3.8, 4) is 0 Å². The lowest BCUT2D eigenvalue weighted by Crippen LogP contribution is -2.49. The van der Waals surface area contributed by atoms with Crippen molar-refractivity contribution in [3.05, 3.63) is 64.2 Å². The molecule has 1 aliphatic rings. The summed E-state index contributed by atoms with van der Waals surface area (Å²) in [4.78, 5) is 29.1. The number of rotatable bonds is 7. The average Bonchev–Trinajstić information content (AvgIpc) is 2.73. The monoisotopic (exact) mass is 397 g/mol. The molecule has 0 atom stereocenters. The number of nitro groups is 1. The van der Waals surface area contributed by atoms with Gasteiger partial charge in [-0.05, 0) is 23.8 Å². The van der Waals surface area contributed by atoms with Crippen molar-refractivity contribution in [2.24, 2.45) is 0 Å². The summed E-state index contributed by atoms with van der Waals surface area (Å²) in [6.45, 7) is 3.83. The second-order valence-electron chi connectivity index (χ2n) is 7.38. The molecule has 2 aromatic carbocycles. The van der Waals surface area contributed by atoms with Crippen LogP contribution in [0.2, 0.25) is 0 Å². The number of carbonyl (C=O) groups excluding carboxylic acids is 1. The lowest BCUT2D eigenvalue weighted by Gasteiger charge is -2.35. The molecule has 29 heavy (non-hydrogen) atoms. The molecule has 0 unspecified atom stereocenters. The number of benzene rings is 2. The molecule has 1 N–H and O–H groups in total. The first kappa shape index (κ1) is 20.6. The normalized spacial score (nSPS) is 14.5. The maximum Gasteiger partial charge on any atom is 0.271 e. The fourth-order valence-electron chi connectivity index (χ4n) is 3.34. The molecule has 154 valence electrons.